The minimum absolute atomic E-state index is 0.345. The normalized spacial score (nSPS) is 11.0. The summed E-state index contributed by atoms with van der Waals surface area (Å²) in [4.78, 5) is 15.0. The third-order valence-corrected chi connectivity index (χ3v) is 9.59. The van der Waals surface area contributed by atoms with Crippen LogP contribution in [0, 0.1) is 28.5 Å². The zero-order chi connectivity index (χ0) is 36.6. The van der Waals surface area contributed by atoms with Crippen LogP contribution < -0.4 is 0 Å². The maximum absolute atomic E-state index is 14.8. The van der Waals surface area contributed by atoms with Crippen molar-refractivity contribution in [3.63, 3.8) is 0 Å². The van der Waals surface area contributed by atoms with E-state index in [1.807, 2.05) is 103 Å². The van der Waals surface area contributed by atoms with Crippen molar-refractivity contribution in [1.29, 1.82) is 10.5 Å². The van der Waals surface area contributed by atoms with Gasteiger partial charge in [0.2, 0.25) is 0 Å². The molecule has 0 radical (unpaired) electrons. The molecule has 2 aromatic heterocycles. The van der Waals surface area contributed by atoms with Crippen LogP contribution in [-0.4, -0.2) is 19.5 Å². The lowest BCUT2D eigenvalue weighted by atomic mass is 9.97. The van der Waals surface area contributed by atoms with Crippen LogP contribution in [0.15, 0.2) is 164 Å². The van der Waals surface area contributed by atoms with Crippen LogP contribution in [0.2, 0.25) is 0 Å². The number of nitriles is 2. The topological polar surface area (TPSA) is 91.2 Å². The van der Waals surface area contributed by atoms with Gasteiger partial charge in [-0.05, 0) is 70.8 Å². The van der Waals surface area contributed by atoms with E-state index < -0.39 is 0 Å². The summed E-state index contributed by atoms with van der Waals surface area (Å²) in [7, 11) is 0. The van der Waals surface area contributed by atoms with Crippen LogP contribution in [0.3, 0.4) is 0 Å². The molecule has 6 nitrogen and oxygen atoms in total. The van der Waals surface area contributed by atoms with Crippen molar-refractivity contribution in [3.05, 3.63) is 181 Å². The van der Waals surface area contributed by atoms with Crippen molar-refractivity contribution in [3.8, 4) is 74.2 Å². The molecule has 54 heavy (non-hydrogen) atoms. The van der Waals surface area contributed by atoms with E-state index in [0.717, 1.165) is 55.3 Å². The predicted octanol–water partition coefficient (Wildman–Crippen LogP) is 11.2. The highest BCUT2D eigenvalue weighted by Gasteiger charge is 2.20. The monoisotopic (exact) mass is 694 g/mol. The fourth-order valence-corrected chi connectivity index (χ4v) is 7.07. The molecule has 0 fully saturated rings. The third-order valence-electron chi connectivity index (χ3n) is 9.59. The lowest BCUT2D eigenvalue weighted by molar-refractivity contribution is 0.628. The Morgan fingerprint density at radius 3 is 1.78 bits per heavy atom. The first-order chi connectivity index (χ1) is 26.6. The number of fused-ring (bicyclic) bond motifs is 3. The van der Waals surface area contributed by atoms with E-state index in [2.05, 4.69) is 47.0 Å². The quantitative estimate of drug-likeness (QED) is 0.173. The van der Waals surface area contributed by atoms with Crippen molar-refractivity contribution in [2.75, 3.05) is 0 Å². The first-order valence-electron chi connectivity index (χ1n) is 17.3. The number of benzene rings is 7. The summed E-state index contributed by atoms with van der Waals surface area (Å²) in [6.45, 7) is 0. The van der Waals surface area contributed by atoms with Crippen molar-refractivity contribution in [2.24, 2.45) is 0 Å². The van der Waals surface area contributed by atoms with E-state index in [9.17, 15) is 14.9 Å². The Bertz CT molecular complexity index is 2920. The molecule has 0 aliphatic heterocycles. The summed E-state index contributed by atoms with van der Waals surface area (Å²) in [6.07, 6.45) is 0. The maximum atomic E-state index is 14.8. The van der Waals surface area contributed by atoms with Crippen molar-refractivity contribution < 1.29 is 4.39 Å². The Hall–Kier alpha value is -7.74. The van der Waals surface area contributed by atoms with E-state index in [0.29, 0.717) is 39.7 Å². The molecule has 9 rings (SSSR count). The van der Waals surface area contributed by atoms with Gasteiger partial charge in [-0.15, -0.1) is 0 Å². The van der Waals surface area contributed by atoms with E-state index in [4.69, 9.17) is 15.0 Å². The highest BCUT2D eigenvalue weighted by Crippen LogP contribution is 2.39. The molecule has 0 aliphatic carbocycles. The molecule has 0 saturated heterocycles. The smallest absolute Gasteiger partial charge is 0.164 e. The Labute approximate surface area is 310 Å². The number of aromatic nitrogens is 4. The summed E-state index contributed by atoms with van der Waals surface area (Å²) in [5.74, 6) is 1.14. The zero-order valence-corrected chi connectivity index (χ0v) is 28.6. The molecular weight excluding hydrogens is 668 g/mol. The molecule has 0 N–H and O–H groups in total. The van der Waals surface area contributed by atoms with E-state index in [1.54, 1.807) is 18.2 Å². The van der Waals surface area contributed by atoms with E-state index in [-0.39, 0.29) is 5.82 Å². The highest BCUT2D eigenvalue weighted by molar-refractivity contribution is 6.10. The lowest BCUT2D eigenvalue weighted by Crippen LogP contribution is -2.02. The molecule has 252 valence electrons. The number of hydrogen-bond acceptors (Lipinski definition) is 5. The molecular formula is C47H27FN6. The first-order valence-corrected chi connectivity index (χ1v) is 17.3. The Morgan fingerprint density at radius 1 is 0.444 bits per heavy atom. The molecule has 0 spiro atoms. The molecule has 7 heteroatoms. The first kappa shape index (κ1) is 32.2. The summed E-state index contributed by atoms with van der Waals surface area (Å²) < 4.78 is 17.0. The second-order valence-corrected chi connectivity index (χ2v) is 12.8. The molecule has 0 atom stereocenters. The molecule has 9 aromatic rings. The standard InChI is InChI=1S/C47H27FN6/c48-36-15-9-14-33(25-36)39-23-20-37(27-42(39)47-52-45(31-10-3-1-4-11-31)51-46(53-47)32-12-5-2-6-13-32)54-43-17-8-7-16-40(43)41-22-19-34(26-44(41)54)38-21-18-30(28-49)24-35(38)29-50/h1-27H. The second-order valence-electron chi connectivity index (χ2n) is 12.8. The molecule has 0 bridgehead atoms. The minimum atomic E-state index is -0.345. The predicted molar refractivity (Wildman–Crippen MR) is 211 cm³/mol. The van der Waals surface area contributed by atoms with Gasteiger partial charge in [0, 0.05) is 33.2 Å². The number of nitrogens with zero attached hydrogens (tertiary/aromatic N) is 6. The highest BCUT2D eigenvalue weighted by atomic mass is 19.1. The molecule has 0 amide bonds. The van der Waals surface area contributed by atoms with Gasteiger partial charge < -0.3 is 4.57 Å². The third kappa shape index (κ3) is 5.73. The van der Waals surface area contributed by atoms with Gasteiger partial charge >= 0.3 is 0 Å². The van der Waals surface area contributed by atoms with E-state index in [1.165, 1.54) is 12.1 Å². The maximum Gasteiger partial charge on any atom is 0.164 e. The number of hydrogen-bond donors (Lipinski definition) is 0. The van der Waals surface area contributed by atoms with Crippen molar-refractivity contribution in [1.82, 2.24) is 19.5 Å². The molecule has 7 aromatic carbocycles. The SMILES string of the molecule is N#Cc1ccc(-c2ccc3c4ccccc4n(-c4ccc(-c5cccc(F)c5)c(-c5nc(-c6ccccc6)nc(-c6ccccc6)n5)c4)c3c2)c(C#N)c1. The Morgan fingerprint density at radius 2 is 1.07 bits per heavy atom. The fourth-order valence-electron chi connectivity index (χ4n) is 7.07. The summed E-state index contributed by atoms with van der Waals surface area (Å²) in [5, 5.41) is 21.6. The minimum Gasteiger partial charge on any atom is -0.309 e. The van der Waals surface area contributed by atoms with Gasteiger partial charge in [0.05, 0.1) is 34.3 Å². The second kappa shape index (κ2) is 13.4. The zero-order valence-electron chi connectivity index (χ0n) is 28.6. The van der Waals surface area contributed by atoms with Crippen molar-refractivity contribution in [2.45, 2.75) is 0 Å². The largest absolute Gasteiger partial charge is 0.309 e. The van der Waals surface area contributed by atoms with Gasteiger partial charge in [0.15, 0.2) is 17.5 Å². The van der Waals surface area contributed by atoms with Gasteiger partial charge in [-0.1, -0.05) is 115 Å². The molecule has 2 heterocycles. The van der Waals surface area contributed by atoms with Crippen LogP contribution in [0.4, 0.5) is 4.39 Å². The number of para-hydroxylation sites is 1. The van der Waals surface area contributed by atoms with Crippen LogP contribution >= 0.6 is 0 Å². The van der Waals surface area contributed by atoms with Crippen molar-refractivity contribution >= 4 is 21.8 Å². The van der Waals surface area contributed by atoms with Gasteiger partial charge in [-0.3, -0.25) is 0 Å². The van der Waals surface area contributed by atoms with E-state index >= 15 is 0 Å². The number of rotatable bonds is 6. The average Bonchev–Trinajstić information content (AvgIpc) is 3.57. The Kier molecular flexibility index (Phi) is 8.00. The summed E-state index contributed by atoms with van der Waals surface area (Å²) in [5.41, 5.74) is 9.05. The van der Waals surface area contributed by atoms with Gasteiger partial charge in [-0.2, -0.15) is 10.5 Å². The van der Waals surface area contributed by atoms with Crippen LogP contribution in [0.1, 0.15) is 11.1 Å². The van der Waals surface area contributed by atoms with Crippen LogP contribution in [0.5, 0.6) is 0 Å². The van der Waals surface area contributed by atoms with Gasteiger partial charge in [0.1, 0.15) is 5.82 Å². The summed E-state index contributed by atoms with van der Waals surface area (Å²) >= 11 is 0. The molecule has 0 aliphatic rings. The lowest BCUT2D eigenvalue weighted by Gasteiger charge is -2.16. The van der Waals surface area contributed by atoms with Crippen LogP contribution in [-0.2, 0) is 0 Å². The summed E-state index contributed by atoms with van der Waals surface area (Å²) in [6, 6.07) is 56.2. The van der Waals surface area contributed by atoms with Gasteiger partial charge in [-0.25, -0.2) is 19.3 Å². The molecule has 0 saturated carbocycles. The molecule has 0 unspecified atom stereocenters. The van der Waals surface area contributed by atoms with Crippen LogP contribution in [0.25, 0.3) is 83.9 Å². The number of halogens is 1. The van der Waals surface area contributed by atoms with Gasteiger partial charge in [0.25, 0.3) is 0 Å². The fraction of sp³-hybridized carbons (Fsp3) is 0. The average molecular weight is 695 g/mol. The Balaban J connectivity index is 1.32.